The fraction of sp³-hybridized carbons (Fsp3) is 0.412. The first-order valence-corrected chi connectivity index (χ1v) is 10.2. The normalized spacial score (nSPS) is 11.0. The van der Waals surface area contributed by atoms with Crippen LogP contribution in [0.2, 0.25) is 0 Å². The van der Waals surface area contributed by atoms with Crippen LogP contribution in [-0.2, 0) is 12.2 Å². The Labute approximate surface area is 155 Å². The van der Waals surface area contributed by atoms with Gasteiger partial charge in [-0.2, -0.15) is 4.98 Å². The quantitative estimate of drug-likeness (QED) is 0.431. The highest BCUT2D eigenvalue weighted by molar-refractivity contribution is 8.00. The molecule has 0 aliphatic rings. The summed E-state index contributed by atoms with van der Waals surface area (Å²) in [5.74, 6) is 1.80. The molecule has 1 aromatic carbocycles. The molecule has 2 aromatic heterocycles. The van der Waals surface area contributed by atoms with E-state index >= 15 is 0 Å². The van der Waals surface area contributed by atoms with Gasteiger partial charge in [0, 0.05) is 12.1 Å². The average molecular weight is 376 g/mol. The molecule has 0 spiro atoms. The second-order valence-corrected chi connectivity index (χ2v) is 7.70. The standard InChI is InChI=1S/C17H21N5OS2/c1-3-5-10-18-16-20-21-17(25-16)24-11-14-19-15(22-23-14)13-8-6-12(4-2)7-9-13/h6-9H,3-5,10-11H2,1-2H3,(H,18,20). The predicted octanol–water partition coefficient (Wildman–Crippen LogP) is 4.65. The third-order valence-corrected chi connectivity index (χ3v) is 5.62. The van der Waals surface area contributed by atoms with Crippen LogP contribution in [0.3, 0.4) is 0 Å². The van der Waals surface area contributed by atoms with Gasteiger partial charge in [-0.1, -0.05) is 72.8 Å². The van der Waals surface area contributed by atoms with Gasteiger partial charge in [0.1, 0.15) is 0 Å². The molecular formula is C17H21N5OS2. The lowest BCUT2D eigenvalue weighted by molar-refractivity contribution is 0.391. The molecule has 3 aromatic rings. The number of thioether (sulfide) groups is 1. The van der Waals surface area contributed by atoms with E-state index in [2.05, 4.69) is 51.6 Å². The predicted molar refractivity (Wildman–Crippen MR) is 102 cm³/mol. The van der Waals surface area contributed by atoms with Gasteiger partial charge in [-0.3, -0.25) is 0 Å². The SMILES string of the molecule is CCCCNc1nnc(SCc2nc(-c3ccc(CC)cc3)no2)s1. The summed E-state index contributed by atoms with van der Waals surface area (Å²) in [6.45, 7) is 5.23. The number of hydrogen-bond donors (Lipinski definition) is 1. The van der Waals surface area contributed by atoms with Crippen LogP contribution in [0.25, 0.3) is 11.4 Å². The summed E-state index contributed by atoms with van der Waals surface area (Å²) in [7, 11) is 0. The van der Waals surface area contributed by atoms with Gasteiger partial charge in [-0.05, 0) is 18.4 Å². The molecule has 2 heterocycles. The van der Waals surface area contributed by atoms with Crippen molar-refractivity contribution in [1.29, 1.82) is 0 Å². The van der Waals surface area contributed by atoms with Gasteiger partial charge in [0.05, 0.1) is 5.75 Å². The Balaban J connectivity index is 1.54. The van der Waals surface area contributed by atoms with E-state index in [9.17, 15) is 0 Å². The van der Waals surface area contributed by atoms with Gasteiger partial charge in [0.25, 0.3) is 0 Å². The summed E-state index contributed by atoms with van der Waals surface area (Å²) in [5, 5.41) is 16.5. The molecule has 0 amide bonds. The number of aromatic nitrogens is 4. The molecule has 0 atom stereocenters. The number of hydrogen-bond acceptors (Lipinski definition) is 8. The van der Waals surface area contributed by atoms with E-state index in [0.717, 1.165) is 40.8 Å². The molecule has 0 unspecified atom stereocenters. The average Bonchev–Trinajstić information content (AvgIpc) is 3.30. The first kappa shape index (κ1) is 17.9. The third-order valence-electron chi connectivity index (χ3n) is 3.62. The lowest BCUT2D eigenvalue weighted by Gasteiger charge is -1.97. The van der Waals surface area contributed by atoms with Crippen molar-refractivity contribution in [1.82, 2.24) is 20.3 Å². The molecule has 25 heavy (non-hydrogen) atoms. The Hall–Kier alpha value is -1.93. The second kappa shape index (κ2) is 8.96. The third kappa shape index (κ3) is 5.02. The molecule has 0 saturated heterocycles. The van der Waals surface area contributed by atoms with Crippen molar-refractivity contribution < 1.29 is 4.52 Å². The van der Waals surface area contributed by atoms with Crippen LogP contribution in [0, 0.1) is 0 Å². The minimum absolute atomic E-state index is 0.587. The first-order chi connectivity index (χ1) is 12.3. The van der Waals surface area contributed by atoms with Crippen LogP contribution in [0.1, 0.15) is 38.1 Å². The van der Waals surface area contributed by atoms with Gasteiger partial charge in [0.15, 0.2) is 4.34 Å². The summed E-state index contributed by atoms with van der Waals surface area (Å²) in [4.78, 5) is 4.46. The van der Waals surface area contributed by atoms with Crippen LogP contribution < -0.4 is 5.32 Å². The number of nitrogens with zero attached hydrogens (tertiary/aromatic N) is 4. The lowest BCUT2D eigenvalue weighted by Crippen LogP contribution is -1.99. The van der Waals surface area contributed by atoms with Crippen molar-refractivity contribution in [3.05, 3.63) is 35.7 Å². The Morgan fingerprint density at radius 2 is 2.00 bits per heavy atom. The van der Waals surface area contributed by atoms with Crippen LogP contribution in [0.5, 0.6) is 0 Å². The molecule has 0 saturated carbocycles. The molecule has 0 fully saturated rings. The molecule has 132 valence electrons. The zero-order chi connectivity index (χ0) is 17.5. The fourth-order valence-corrected chi connectivity index (χ4v) is 3.77. The summed E-state index contributed by atoms with van der Waals surface area (Å²) >= 11 is 3.11. The van der Waals surface area contributed by atoms with E-state index in [1.54, 1.807) is 23.1 Å². The van der Waals surface area contributed by atoms with E-state index in [-0.39, 0.29) is 0 Å². The van der Waals surface area contributed by atoms with Crippen LogP contribution >= 0.6 is 23.1 Å². The fourth-order valence-electron chi connectivity index (χ4n) is 2.16. The molecule has 8 heteroatoms. The van der Waals surface area contributed by atoms with Crippen molar-refractivity contribution >= 4 is 28.2 Å². The molecule has 1 N–H and O–H groups in total. The number of benzene rings is 1. The monoisotopic (exact) mass is 375 g/mol. The number of anilines is 1. The topological polar surface area (TPSA) is 76.7 Å². The number of rotatable bonds is 9. The van der Waals surface area contributed by atoms with Gasteiger partial charge in [-0.15, -0.1) is 10.2 Å². The Kier molecular flexibility index (Phi) is 6.41. The summed E-state index contributed by atoms with van der Waals surface area (Å²) in [6, 6.07) is 8.24. The lowest BCUT2D eigenvalue weighted by atomic mass is 10.1. The Morgan fingerprint density at radius 3 is 2.76 bits per heavy atom. The van der Waals surface area contributed by atoms with E-state index in [1.807, 2.05) is 12.1 Å². The Bertz CT molecular complexity index is 784. The van der Waals surface area contributed by atoms with Crippen LogP contribution in [0.4, 0.5) is 5.13 Å². The molecule has 0 bridgehead atoms. The summed E-state index contributed by atoms with van der Waals surface area (Å²) in [5.41, 5.74) is 2.26. The van der Waals surface area contributed by atoms with Gasteiger partial charge in [0.2, 0.25) is 16.8 Å². The molecule has 0 aliphatic heterocycles. The van der Waals surface area contributed by atoms with Crippen LogP contribution in [0.15, 0.2) is 33.1 Å². The summed E-state index contributed by atoms with van der Waals surface area (Å²) < 4.78 is 6.24. The number of aryl methyl sites for hydroxylation is 1. The maximum atomic E-state index is 5.34. The van der Waals surface area contributed by atoms with Gasteiger partial charge >= 0.3 is 0 Å². The summed E-state index contributed by atoms with van der Waals surface area (Å²) in [6.07, 6.45) is 3.31. The molecular weight excluding hydrogens is 354 g/mol. The van der Waals surface area contributed by atoms with E-state index in [4.69, 9.17) is 4.52 Å². The van der Waals surface area contributed by atoms with Crippen LogP contribution in [-0.4, -0.2) is 26.9 Å². The van der Waals surface area contributed by atoms with Crippen molar-refractivity contribution in [2.24, 2.45) is 0 Å². The van der Waals surface area contributed by atoms with Crippen molar-refractivity contribution in [3.8, 4) is 11.4 Å². The molecule has 3 rings (SSSR count). The number of nitrogens with one attached hydrogen (secondary N) is 1. The molecule has 6 nitrogen and oxygen atoms in total. The smallest absolute Gasteiger partial charge is 0.237 e. The molecule has 0 aliphatic carbocycles. The minimum Gasteiger partial charge on any atom is -0.360 e. The number of unbranched alkanes of at least 4 members (excludes halogenated alkanes) is 1. The van der Waals surface area contributed by atoms with Crippen molar-refractivity contribution in [2.45, 2.75) is 43.2 Å². The highest BCUT2D eigenvalue weighted by Crippen LogP contribution is 2.28. The molecule has 0 radical (unpaired) electrons. The van der Waals surface area contributed by atoms with Gasteiger partial charge < -0.3 is 9.84 Å². The second-order valence-electron chi connectivity index (χ2n) is 5.50. The highest BCUT2D eigenvalue weighted by atomic mass is 32.2. The van der Waals surface area contributed by atoms with E-state index in [1.165, 1.54) is 5.56 Å². The van der Waals surface area contributed by atoms with Crippen molar-refractivity contribution in [2.75, 3.05) is 11.9 Å². The van der Waals surface area contributed by atoms with Crippen molar-refractivity contribution in [3.63, 3.8) is 0 Å². The van der Waals surface area contributed by atoms with Gasteiger partial charge in [-0.25, -0.2) is 0 Å². The van der Waals surface area contributed by atoms with E-state index in [0.29, 0.717) is 17.5 Å². The Morgan fingerprint density at radius 1 is 1.16 bits per heavy atom. The van der Waals surface area contributed by atoms with E-state index < -0.39 is 0 Å². The maximum absolute atomic E-state index is 5.34. The zero-order valence-electron chi connectivity index (χ0n) is 14.4. The zero-order valence-corrected chi connectivity index (χ0v) is 16.0. The minimum atomic E-state index is 0.587. The largest absolute Gasteiger partial charge is 0.360 e. The maximum Gasteiger partial charge on any atom is 0.237 e. The first-order valence-electron chi connectivity index (χ1n) is 8.40. The highest BCUT2D eigenvalue weighted by Gasteiger charge is 2.11.